The molecule has 2 aromatic rings. The molecule has 4 aliphatic rings. The summed E-state index contributed by atoms with van der Waals surface area (Å²) in [5, 5.41) is 8.90. The number of nitrogens with zero attached hydrogens (tertiary/aromatic N) is 2. The summed E-state index contributed by atoms with van der Waals surface area (Å²) >= 11 is 0. The van der Waals surface area contributed by atoms with Gasteiger partial charge in [-0.2, -0.15) is 4.57 Å². The van der Waals surface area contributed by atoms with E-state index in [-0.39, 0.29) is 11.8 Å². The molecule has 5 heterocycles. The average molecular weight is 222 g/mol. The summed E-state index contributed by atoms with van der Waals surface area (Å²) in [7, 11) is -3.60. The van der Waals surface area contributed by atoms with Gasteiger partial charge in [-0.1, -0.05) is 6.07 Å². The Kier molecular flexibility index (Phi) is 1.03. The first kappa shape index (κ1) is 7.48. The smallest absolute Gasteiger partial charge is 0.385 e. The monoisotopic (exact) mass is 222 g/mol. The second kappa shape index (κ2) is 2.06. The molecule has 15 heavy (non-hydrogen) atoms. The van der Waals surface area contributed by atoms with E-state index in [1.165, 1.54) is 0 Å². The van der Waals surface area contributed by atoms with Gasteiger partial charge in [0.05, 0.1) is 10.8 Å². The van der Waals surface area contributed by atoms with E-state index in [1.54, 1.807) is 18.2 Å². The highest BCUT2D eigenvalue weighted by molar-refractivity contribution is 7.50. The highest BCUT2D eigenvalue weighted by Crippen LogP contribution is 2.60. The number of hydrogen-bond donors (Lipinski definition) is 0. The molecule has 0 saturated carbocycles. The molecule has 6 bridgehead atoms. The first-order chi connectivity index (χ1) is 7.25. The van der Waals surface area contributed by atoms with E-state index in [0.717, 1.165) is 0 Å². The highest BCUT2D eigenvalue weighted by Gasteiger charge is 2.44. The van der Waals surface area contributed by atoms with E-state index in [1.807, 2.05) is 0 Å². The fourth-order valence-corrected chi connectivity index (χ4v) is 2.91. The summed E-state index contributed by atoms with van der Waals surface area (Å²) in [6.07, 6.45) is 0. The zero-order valence-corrected chi connectivity index (χ0v) is 8.10. The van der Waals surface area contributed by atoms with Crippen molar-refractivity contribution in [1.29, 1.82) is 0 Å². The van der Waals surface area contributed by atoms with Crippen LogP contribution in [0.5, 0.6) is 17.5 Å². The van der Waals surface area contributed by atoms with E-state index in [4.69, 9.17) is 13.6 Å². The van der Waals surface area contributed by atoms with Gasteiger partial charge in [0.2, 0.25) is 0 Å². The summed E-state index contributed by atoms with van der Waals surface area (Å²) < 4.78 is 27.2. The molecule has 6 nitrogen and oxygen atoms in total. The first-order valence-electron chi connectivity index (χ1n) is 4.23. The lowest BCUT2D eigenvalue weighted by Crippen LogP contribution is -2.07. The Bertz CT molecular complexity index is 632. The largest absolute Gasteiger partial charge is 0.649 e. The zero-order chi connectivity index (χ0) is 10.0. The van der Waals surface area contributed by atoms with Crippen molar-refractivity contribution in [2.24, 2.45) is 0 Å². The molecule has 0 amide bonds. The zero-order valence-electron chi connectivity index (χ0n) is 7.21. The third kappa shape index (κ3) is 0.784. The van der Waals surface area contributed by atoms with Gasteiger partial charge in [0.25, 0.3) is 11.8 Å². The Morgan fingerprint density at radius 1 is 1.07 bits per heavy atom. The van der Waals surface area contributed by atoms with E-state index in [0.29, 0.717) is 16.5 Å². The van der Waals surface area contributed by atoms with Crippen LogP contribution >= 0.6 is 7.82 Å². The standard InChI is InChI=1S/C8H3N2O4P/c11-15-12-5-3-1-2-4-6(5)8(14-15)10-9-7(4)13-15/h1-3H. The van der Waals surface area contributed by atoms with Gasteiger partial charge in [0.15, 0.2) is 0 Å². The minimum absolute atomic E-state index is 0.189. The third-order valence-corrected chi connectivity index (χ3v) is 3.52. The normalized spacial score (nSPS) is 24.8. The summed E-state index contributed by atoms with van der Waals surface area (Å²) in [5.74, 6) is 0.858. The SMILES string of the molecule is O=P12Oc3nnc(c4c(cccc34)O1)O2. The van der Waals surface area contributed by atoms with Crippen LogP contribution in [0.25, 0.3) is 10.8 Å². The van der Waals surface area contributed by atoms with E-state index < -0.39 is 7.82 Å². The van der Waals surface area contributed by atoms with Gasteiger partial charge in [-0.05, 0) is 12.1 Å². The number of phosphoric acid groups is 1. The van der Waals surface area contributed by atoms with Crippen LogP contribution < -0.4 is 13.6 Å². The van der Waals surface area contributed by atoms with Crippen LogP contribution in [0.3, 0.4) is 0 Å². The molecular weight excluding hydrogens is 219 g/mol. The Labute approximate surface area is 83.4 Å². The van der Waals surface area contributed by atoms with Crippen LogP contribution in [-0.4, -0.2) is 10.2 Å². The van der Waals surface area contributed by atoms with Crippen LogP contribution in [-0.2, 0) is 4.57 Å². The van der Waals surface area contributed by atoms with Crippen molar-refractivity contribution in [3.63, 3.8) is 0 Å². The maximum Gasteiger partial charge on any atom is 0.649 e. The van der Waals surface area contributed by atoms with Gasteiger partial charge in [0.1, 0.15) is 5.75 Å². The number of hydrogen-bond acceptors (Lipinski definition) is 6. The molecule has 4 aliphatic heterocycles. The lowest BCUT2D eigenvalue weighted by Gasteiger charge is -2.17. The van der Waals surface area contributed by atoms with Crippen LogP contribution in [0, 0.1) is 0 Å². The number of benzene rings is 1. The second-order valence-electron chi connectivity index (χ2n) is 3.21. The summed E-state index contributed by atoms with van der Waals surface area (Å²) in [5.41, 5.74) is 0. The van der Waals surface area contributed by atoms with Gasteiger partial charge < -0.3 is 13.6 Å². The lowest BCUT2D eigenvalue weighted by molar-refractivity contribution is 0.297. The number of aromatic nitrogens is 2. The lowest BCUT2D eigenvalue weighted by atomic mass is 10.2. The van der Waals surface area contributed by atoms with Crippen molar-refractivity contribution in [2.75, 3.05) is 0 Å². The molecule has 0 aliphatic carbocycles. The molecule has 0 saturated heterocycles. The van der Waals surface area contributed by atoms with E-state index >= 15 is 0 Å². The number of phosphoric ester groups is 1. The van der Waals surface area contributed by atoms with Gasteiger partial charge in [-0.15, -0.1) is 10.2 Å². The summed E-state index contributed by atoms with van der Waals surface area (Å²) in [4.78, 5) is 0. The molecule has 0 spiro atoms. The molecule has 0 N–H and O–H groups in total. The molecule has 0 radical (unpaired) electrons. The summed E-state index contributed by atoms with van der Waals surface area (Å²) in [6, 6.07) is 5.26. The van der Waals surface area contributed by atoms with Crippen molar-refractivity contribution >= 4 is 18.6 Å². The Balaban J connectivity index is 2.35. The number of fused-ring (bicyclic) bond motifs is 1. The van der Waals surface area contributed by atoms with Gasteiger partial charge in [-0.3, -0.25) is 0 Å². The molecule has 0 fully saturated rings. The predicted molar refractivity (Wildman–Crippen MR) is 49.0 cm³/mol. The first-order valence-corrected chi connectivity index (χ1v) is 5.69. The van der Waals surface area contributed by atoms with Crippen LogP contribution in [0.2, 0.25) is 0 Å². The van der Waals surface area contributed by atoms with Crippen molar-refractivity contribution in [3.05, 3.63) is 18.2 Å². The molecule has 1 aromatic heterocycles. The molecule has 1 atom stereocenters. The minimum atomic E-state index is -3.60. The Hall–Kier alpha value is -1.81. The minimum Gasteiger partial charge on any atom is -0.385 e. The van der Waals surface area contributed by atoms with E-state index in [2.05, 4.69) is 10.2 Å². The second-order valence-corrected chi connectivity index (χ2v) is 4.65. The van der Waals surface area contributed by atoms with Crippen LogP contribution in [0.1, 0.15) is 0 Å². The van der Waals surface area contributed by atoms with Gasteiger partial charge in [0, 0.05) is 0 Å². The molecule has 6 rings (SSSR count). The van der Waals surface area contributed by atoms with Crippen molar-refractivity contribution < 1.29 is 18.1 Å². The fraction of sp³-hybridized carbons (Fsp3) is 0. The topological polar surface area (TPSA) is 70.5 Å². The van der Waals surface area contributed by atoms with Crippen LogP contribution in [0.4, 0.5) is 0 Å². The number of rotatable bonds is 0. The molecule has 1 aromatic carbocycles. The summed E-state index contributed by atoms with van der Waals surface area (Å²) in [6.45, 7) is 0. The highest BCUT2D eigenvalue weighted by atomic mass is 31.2. The molecular formula is C8H3N2O4P. The van der Waals surface area contributed by atoms with Crippen molar-refractivity contribution in [3.8, 4) is 17.5 Å². The Morgan fingerprint density at radius 3 is 2.80 bits per heavy atom. The maximum absolute atomic E-state index is 11.9. The van der Waals surface area contributed by atoms with Crippen molar-refractivity contribution in [2.45, 2.75) is 0 Å². The molecule has 74 valence electrons. The van der Waals surface area contributed by atoms with Crippen LogP contribution in [0.15, 0.2) is 18.2 Å². The predicted octanol–water partition coefficient (Wildman–Crippen LogP) is 1.90. The average Bonchev–Trinajstić information content (AvgIpc) is 2.44. The van der Waals surface area contributed by atoms with Gasteiger partial charge >= 0.3 is 7.82 Å². The molecule has 1 unspecified atom stereocenters. The maximum atomic E-state index is 11.9. The van der Waals surface area contributed by atoms with E-state index in [9.17, 15) is 4.57 Å². The third-order valence-electron chi connectivity index (χ3n) is 2.31. The van der Waals surface area contributed by atoms with Gasteiger partial charge in [-0.25, -0.2) is 0 Å². The fourth-order valence-electron chi connectivity index (χ4n) is 1.72. The Morgan fingerprint density at radius 2 is 1.87 bits per heavy atom. The van der Waals surface area contributed by atoms with Crippen molar-refractivity contribution in [1.82, 2.24) is 10.2 Å². The molecule has 7 heteroatoms. The quantitative estimate of drug-likeness (QED) is 0.634.